The van der Waals surface area contributed by atoms with E-state index < -0.39 is 0 Å². The van der Waals surface area contributed by atoms with E-state index in [1.165, 1.54) is 38.5 Å². The summed E-state index contributed by atoms with van der Waals surface area (Å²) in [5, 5.41) is 4.23. The Kier molecular flexibility index (Phi) is 4.31. The fourth-order valence-electron chi connectivity index (χ4n) is 3.89. The lowest BCUT2D eigenvalue weighted by atomic mass is 9.93. The van der Waals surface area contributed by atoms with Crippen molar-refractivity contribution in [2.45, 2.75) is 81.8 Å². The molecule has 5 heteroatoms. The third-order valence-corrected chi connectivity index (χ3v) is 5.28. The van der Waals surface area contributed by atoms with Crippen molar-refractivity contribution in [3.05, 3.63) is 11.7 Å². The second kappa shape index (κ2) is 6.05. The molecule has 0 amide bonds. The van der Waals surface area contributed by atoms with Crippen molar-refractivity contribution < 1.29 is 9.26 Å². The zero-order chi connectivity index (χ0) is 14.8. The summed E-state index contributed by atoms with van der Waals surface area (Å²) >= 11 is 0. The van der Waals surface area contributed by atoms with Crippen molar-refractivity contribution in [3.63, 3.8) is 0 Å². The van der Waals surface area contributed by atoms with E-state index in [4.69, 9.17) is 15.0 Å². The van der Waals surface area contributed by atoms with Gasteiger partial charge >= 0.3 is 0 Å². The van der Waals surface area contributed by atoms with Crippen LogP contribution in [0.25, 0.3) is 0 Å². The highest BCUT2D eigenvalue weighted by Crippen LogP contribution is 2.38. The Morgan fingerprint density at radius 1 is 1.05 bits per heavy atom. The molecule has 0 atom stereocenters. The first-order chi connectivity index (χ1) is 10.2. The van der Waals surface area contributed by atoms with Gasteiger partial charge in [0.15, 0.2) is 0 Å². The van der Waals surface area contributed by atoms with Crippen LogP contribution in [0.5, 0.6) is 0 Å². The molecule has 0 unspecified atom stereocenters. The monoisotopic (exact) mass is 293 g/mol. The van der Waals surface area contributed by atoms with E-state index in [0.717, 1.165) is 31.5 Å². The van der Waals surface area contributed by atoms with Gasteiger partial charge in [0.05, 0.1) is 0 Å². The molecule has 0 spiro atoms. The largest absolute Gasteiger partial charge is 0.370 e. The van der Waals surface area contributed by atoms with E-state index in [2.05, 4.69) is 10.1 Å². The molecule has 2 aliphatic carbocycles. The molecule has 118 valence electrons. The molecular formula is C16H27N3O2. The number of hydrogen-bond donors (Lipinski definition) is 1. The molecule has 1 heterocycles. The van der Waals surface area contributed by atoms with Gasteiger partial charge < -0.3 is 15.0 Å². The number of methoxy groups -OCH3 is 1. The fraction of sp³-hybridized carbons (Fsp3) is 0.875. The normalized spacial score (nSPS) is 24.9. The summed E-state index contributed by atoms with van der Waals surface area (Å²) in [4.78, 5) is 4.64. The molecule has 2 N–H and O–H groups in total. The van der Waals surface area contributed by atoms with Crippen LogP contribution in [0.3, 0.4) is 0 Å². The highest BCUT2D eigenvalue weighted by molar-refractivity contribution is 5.05. The molecule has 2 saturated carbocycles. The van der Waals surface area contributed by atoms with Gasteiger partial charge in [-0.2, -0.15) is 4.98 Å². The summed E-state index contributed by atoms with van der Waals surface area (Å²) in [5.41, 5.74) is 5.91. The molecule has 0 aromatic carbocycles. The predicted molar refractivity (Wildman–Crippen MR) is 79.8 cm³/mol. The average Bonchev–Trinajstić information content (AvgIpc) is 3.03. The second-order valence-electron chi connectivity index (χ2n) is 6.87. The second-order valence-corrected chi connectivity index (χ2v) is 6.87. The minimum Gasteiger partial charge on any atom is -0.370 e. The van der Waals surface area contributed by atoms with Crippen LogP contribution in [0.15, 0.2) is 4.52 Å². The van der Waals surface area contributed by atoms with Gasteiger partial charge in [-0.05, 0) is 25.7 Å². The summed E-state index contributed by atoms with van der Waals surface area (Å²) in [6, 6.07) is 0. The topological polar surface area (TPSA) is 74.2 Å². The standard InChI is InChI=1S/C16H27N3O2/c1-20-16(10-4-2-3-5-11-16)14-18-13(21-19-14)12-15(17)8-6-7-9-15/h2-12,17H2,1H3. The van der Waals surface area contributed by atoms with E-state index in [1.807, 2.05) is 0 Å². The molecule has 3 rings (SSSR count). The van der Waals surface area contributed by atoms with Crippen LogP contribution in [0.4, 0.5) is 0 Å². The molecule has 1 aromatic heterocycles. The predicted octanol–water partition coefficient (Wildman–Crippen LogP) is 3.08. The minimum absolute atomic E-state index is 0.145. The lowest BCUT2D eigenvalue weighted by Crippen LogP contribution is -2.38. The smallest absolute Gasteiger partial charge is 0.228 e. The third-order valence-electron chi connectivity index (χ3n) is 5.28. The van der Waals surface area contributed by atoms with E-state index in [1.54, 1.807) is 7.11 Å². The maximum absolute atomic E-state index is 6.41. The molecule has 2 aliphatic rings. The number of nitrogens with zero attached hydrogens (tertiary/aromatic N) is 2. The van der Waals surface area contributed by atoms with Crippen molar-refractivity contribution in [1.29, 1.82) is 0 Å². The van der Waals surface area contributed by atoms with Crippen LogP contribution >= 0.6 is 0 Å². The van der Waals surface area contributed by atoms with Crippen molar-refractivity contribution in [2.24, 2.45) is 5.73 Å². The Morgan fingerprint density at radius 2 is 1.67 bits per heavy atom. The van der Waals surface area contributed by atoms with Gasteiger partial charge in [0.2, 0.25) is 11.7 Å². The lowest BCUT2D eigenvalue weighted by molar-refractivity contribution is -0.0365. The van der Waals surface area contributed by atoms with Crippen molar-refractivity contribution in [2.75, 3.05) is 7.11 Å². The quantitative estimate of drug-likeness (QED) is 0.863. The van der Waals surface area contributed by atoms with Gasteiger partial charge in [-0.1, -0.05) is 43.7 Å². The van der Waals surface area contributed by atoms with E-state index in [9.17, 15) is 0 Å². The van der Waals surface area contributed by atoms with Gasteiger partial charge in [-0.3, -0.25) is 0 Å². The van der Waals surface area contributed by atoms with Crippen molar-refractivity contribution in [3.8, 4) is 0 Å². The molecular weight excluding hydrogens is 266 g/mol. The summed E-state index contributed by atoms with van der Waals surface area (Å²) in [6.45, 7) is 0. The van der Waals surface area contributed by atoms with Crippen LogP contribution in [-0.2, 0) is 16.8 Å². The Morgan fingerprint density at radius 3 is 2.29 bits per heavy atom. The first-order valence-corrected chi connectivity index (χ1v) is 8.33. The summed E-state index contributed by atoms with van der Waals surface area (Å²) in [6.07, 6.45) is 12.0. The van der Waals surface area contributed by atoms with E-state index in [0.29, 0.717) is 12.3 Å². The number of rotatable bonds is 4. The molecule has 0 radical (unpaired) electrons. The van der Waals surface area contributed by atoms with Gasteiger partial charge in [0.25, 0.3) is 0 Å². The maximum Gasteiger partial charge on any atom is 0.228 e. The molecule has 21 heavy (non-hydrogen) atoms. The molecule has 5 nitrogen and oxygen atoms in total. The Labute approximate surface area is 126 Å². The first-order valence-electron chi connectivity index (χ1n) is 8.33. The summed E-state index contributed by atoms with van der Waals surface area (Å²) < 4.78 is 11.3. The van der Waals surface area contributed by atoms with Crippen LogP contribution in [0, 0.1) is 0 Å². The van der Waals surface area contributed by atoms with E-state index >= 15 is 0 Å². The number of ether oxygens (including phenoxy) is 1. The Bertz CT molecular complexity index is 458. The highest BCUT2D eigenvalue weighted by atomic mass is 16.5. The molecule has 0 bridgehead atoms. The van der Waals surface area contributed by atoms with E-state index in [-0.39, 0.29) is 11.1 Å². The number of nitrogens with two attached hydrogens (primary N) is 1. The van der Waals surface area contributed by atoms with Crippen LogP contribution in [-0.4, -0.2) is 22.8 Å². The highest BCUT2D eigenvalue weighted by Gasteiger charge is 2.38. The Balaban J connectivity index is 1.76. The number of aromatic nitrogens is 2. The average molecular weight is 293 g/mol. The molecule has 0 saturated heterocycles. The van der Waals surface area contributed by atoms with Crippen molar-refractivity contribution >= 4 is 0 Å². The van der Waals surface area contributed by atoms with Gasteiger partial charge in [-0.25, -0.2) is 0 Å². The van der Waals surface area contributed by atoms with Gasteiger partial charge in [-0.15, -0.1) is 0 Å². The van der Waals surface area contributed by atoms with Crippen LogP contribution in [0.1, 0.15) is 75.9 Å². The van der Waals surface area contributed by atoms with Crippen LogP contribution in [0.2, 0.25) is 0 Å². The summed E-state index contributed by atoms with van der Waals surface area (Å²) in [5.74, 6) is 1.40. The molecule has 2 fully saturated rings. The van der Waals surface area contributed by atoms with Gasteiger partial charge in [0, 0.05) is 19.1 Å². The third kappa shape index (κ3) is 3.14. The zero-order valence-corrected chi connectivity index (χ0v) is 13.1. The summed E-state index contributed by atoms with van der Waals surface area (Å²) in [7, 11) is 1.77. The fourth-order valence-corrected chi connectivity index (χ4v) is 3.89. The zero-order valence-electron chi connectivity index (χ0n) is 13.1. The Hall–Kier alpha value is -0.940. The lowest BCUT2D eigenvalue weighted by Gasteiger charge is -2.27. The maximum atomic E-state index is 6.41. The molecule has 1 aromatic rings. The number of hydrogen-bond acceptors (Lipinski definition) is 5. The van der Waals surface area contributed by atoms with Crippen LogP contribution < -0.4 is 5.73 Å². The first kappa shape index (κ1) is 15.0. The van der Waals surface area contributed by atoms with Crippen molar-refractivity contribution in [1.82, 2.24) is 10.1 Å². The minimum atomic E-state index is -0.352. The molecule has 0 aliphatic heterocycles. The SMILES string of the molecule is COC1(c2noc(CC3(N)CCCC3)n2)CCCCCC1. The van der Waals surface area contributed by atoms with Gasteiger partial charge in [0.1, 0.15) is 5.60 Å².